The highest BCUT2D eigenvalue weighted by molar-refractivity contribution is 5.92. The molecule has 0 heterocycles. The summed E-state index contributed by atoms with van der Waals surface area (Å²) >= 11 is 0. The van der Waals surface area contributed by atoms with Crippen LogP contribution in [-0.2, 0) is 11.2 Å². The number of hydrogen-bond acceptors (Lipinski definition) is 3. The summed E-state index contributed by atoms with van der Waals surface area (Å²) in [6.07, 6.45) is 0.311. The lowest BCUT2D eigenvalue weighted by molar-refractivity contribution is -0.115. The van der Waals surface area contributed by atoms with Gasteiger partial charge in [0.1, 0.15) is 17.2 Å². The van der Waals surface area contributed by atoms with E-state index in [2.05, 4.69) is 5.32 Å². The fourth-order valence-corrected chi connectivity index (χ4v) is 2.56. The first-order valence-electron chi connectivity index (χ1n) is 8.40. The Morgan fingerprint density at radius 2 is 1.58 bits per heavy atom. The molecule has 3 rings (SSSR count). The fraction of sp³-hybridized carbons (Fsp3) is 0.136. The first-order chi connectivity index (χ1) is 12.6. The molecule has 0 aliphatic carbocycles. The van der Waals surface area contributed by atoms with Crippen LogP contribution in [0.5, 0.6) is 17.2 Å². The van der Waals surface area contributed by atoms with Crippen LogP contribution in [0.2, 0.25) is 0 Å². The largest absolute Gasteiger partial charge is 0.497 e. The molecular formula is C22H21NO3. The second-order valence-corrected chi connectivity index (χ2v) is 6.02. The van der Waals surface area contributed by atoms with E-state index in [0.29, 0.717) is 6.42 Å². The molecule has 0 bridgehead atoms. The topological polar surface area (TPSA) is 47.6 Å². The van der Waals surface area contributed by atoms with Gasteiger partial charge in [0.25, 0.3) is 0 Å². The van der Waals surface area contributed by atoms with Gasteiger partial charge in [-0.25, -0.2) is 0 Å². The lowest BCUT2D eigenvalue weighted by Gasteiger charge is -2.09. The van der Waals surface area contributed by atoms with Crippen LogP contribution in [0.15, 0.2) is 72.8 Å². The second-order valence-electron chi connectivity index (χ2n) is 6.02. The third-order valence-electron chi connectivity index (χ3n) is 3.89. The van der Waals surface area contributed by atoms with Gasteiger partial charge in [-0.1, -0.05) is 24.3 Å². The number of nitrogens with one attached hydrogen (secondary N) is 1. The van der Waals surface area contributed by atoms with Crippen molar-refractivity contribution in [1.29, 1.82) is 0 Å². The zero-order chi connectivity index (χ0) is 18.4. The van der Waals surface area contributed by atoms with Gasteiger partial charge in [0.2, 0.25) is 5.91 Å². The van der Waals surface area contributed by atoms with Crippen molar-refractivity contribution in [2.75, 3.05) is 12.4 Å². The van der Waals surface area contributed by atoms with Crippen molar-refractivity contribution in [2.24, 2.45) is 0 Å². The maximum absolute atomic E-state index is 12.2. The van der Waals surface area contributed by atoms with Crippen molar-refractivity contribution in [1.82, 2.24) is 0 Å². The zero-order valence-electron chi connectivity index (χ0n) is 14.9. The minimum absolute atomic E-state index is 0.0671. The third-order valence-corrected chi connectivity index (χ3v) is 3.89. The number of aryl methyl sites for hydroxylation is 1. The quantitative estimate of drug-likeness (QED) is 0.684. The van der Waals surface area contributed by atoms with Gasteiger partial charge >= 0.3 is 0 Å². The molecule has 0 spiro atoms. The summed E-state index contributed by atoms with van der Waals surface area (Å²) in [5.41, 5.74) is 2.81. The molecule has 1 amide bonds. The molecule has 4 nitrogen and oxygen atoms in total. The molecule has 4 heteroatoms. The molecule has 0 aliphatic heterocycles. The van der Waals surface area contributed by atoms with Crippen LogP contribution in [0, 0.1) is 6.92 Å². The van der Waals surface area contributed by atoms with E-state index in [0.717, 1.165) is 34.1 Å². The summed E-state index contributed by atoms with van der Waals surface area (Å²) in [4.78, 5) is 12.2. The maximum Gasteiger partial charge on any atom is 0.228 e. The number of carbonyl (C=O) groups excluding carboxylic acids is 1. The van der Waals surface area contributed by atoms with Crippen LogP contribution in [0.1, 0.15) is 11.1 Å². The van der Waals surface area contributed by atoms with Crippen LogP contribution in [0.4, 0.5) is 5.69 Å². The highest BCUT2D eigenvalue weighted by Gasteiger charge is 2.05. The van der Waals surface area contributed by atoms with Gasteiger partial charge in [-0.2, -0.15) is 0 Å². The summed E-state index contributed by atoms with van der Waals surface area (Å²) < 4.78 is 10.9. The van der Waals surface area contributed by atoms with E-state index in [4.69, 9.17) is 9.47 Å². The summed E-state index contributed by atoms with van der Waals surface area (Å²) in [6.45, 7) is 2.02. The van der Waals surface area contributed by atoms with E-state index >= 15 is 0 Å². The number of amides is 1. The Labute approximate surface area is 153 Å². The minimum atomic E-state index is -0.0671. The second kappa shape index (κ2) is 8.21. The van der Waals surface area contributed by atoms with E-state index in [1.165, 1.54) is 0 Å². The highest BCUT2D eigenvalue weighted by atomic mass is 16.5. The van der Waals surface area contributed by atoms with Gasteiger partial charge in [0.15, 0.2) is 0 Å². The van der Waals surface area contributed by atoms with Crippen molar-refractivity contribution in [3.05, 3.63) is 83.9 Å². The Morgan fingerprint density at radius 3 is 2.23 bits per heavy atom. The zero-order valence-corrected chi connectivity index (χ0v) is 14.9. The maximum atomic E-state index is 12.2. The lowest BCUT2D eigenvalue weighted by atomic mass is 10.1. The molecule has 0 fully saturated rings. The van der Waals surface area contributed by atoms with Crippen molar-refractivity contribution in [3.8, 4) is 17.2 Å². The van der Waals surface area contributed by atoms with Gasteiger partial charge in [-0.15, -0.1) is 0 Å². The van der Waals surface area contributed by atoms with Crippen LogP contribution in [0.3, 0.4) is 0 Å². The molecule has 0 aromatic heterocycles. The molecular weight excluding hydrogens is 326 g/mol. The van der Waals surface area contributed by atoms with Gasteiger partial charge in [-0.05, 0) is 66.6 Å². The van der Waals surface area contributed by atoms with Gasteiger partial charge < -0.3 is 14.8 Å². The van der Waals surface area contributed by atoms with Crippen LogP contribution < -0.4 is 14.8 Å². The van der Waals surface area contributed by atoms with E-state index in [9.17, 15) is 4.79 Å². The fourth-order valence-electron chi connectivity index (χ4n) is 2.56. The lowest BCUT2D eigenvalue weighted by Crippen LogP contribution is -2.14. The predicted molar refractivity (Wildman–Crippen MR) is 103 cm³/mol. The van der Waals surface area contributed by atoms with Crippen molar-refractivity contribution < 1.29 is 14.3 Å². The Hall–Kier alpha value is -3.27. The number of ether oxygens (including phenoxy) is 2. The Balaban J connectivity index is 1.57. The van der Waals surface area contributed by atoms with E-state index in [1.54, 1.807) is 7.11 Å². The molecule has 0 radical (unpaired) electrons. The summed E-state index contributed by atoms with van der Waals surface area (Å²) in [6, 6.07) is 22.7. The highest BCUT2D eigenvalue weighted by Crippen LogP contribution is 2.23. The van der Waals surface area contributed by atoms with Gasteiger partial charge in [0.05, 0.1) is 13.5 Å². The molecule has 0 aliphatic rings. The normalized spacial score (nSPS) is 10.2. The minimum Gasteiger partial charge on any atom is -0.497 e. The number of hydrogen-bond donors (Lipinski definition) is 1. The molecule has 26 heavy (non-hydrogen) atoms. The molecule has 0 atom stereocenters. The Kier molecular flexibility index (Phi) is 5.54. The Bertz CT molecular complexity index is 871. The number of carbonyl (C=O) groups is 1. The first kappa shape index (κ1) is 17.5. The number of methoxy groups -OCH3 is 1. The molecule has 3 aromatic rings. The predicted octanol–water partition coefficient (Wildman–Crippen LogP) is 4.98. The van der Waals surface area contributed by atoms with Crippen molar-refractivity contribution in [2.45, 2.75) is 13.3 Å². The van der Waals surface area contributed by atoms with E-state index in [-0.39, 0.29) is 5.91 Å². The summed E-state index contributed by atoms with van der Waals surface area (Å²) in [5, 5.41) is 2.89. The SMILES string of the molecule is COc1ccc(CC(=O)Nc2ccc(Oc3cccc(C)c3)cc2)cc1. The van der Waals surface area contributed by atoms with Gasteiger partial charge in [-0.3, -0.25) is 4.79 Å². The summed E-state index contributed by atoms with van der Waals surface area (Å²) in [7, 11) is 1.62. The van der Waals surface area contributed by atoms with E-state index in [1.807, 2.05) is 79.7 Å². The molecule has 1 N–H and O–H groups in total. The van der Waals surface area contributed by atoms with Crippen LogP contribution in [0.25, 0.3) is 0 Å². The number of rotatable bonds is 6. The van der Waals surface area contributed by atoms with Gasteiger partial charge in [0, 0.05) is 5.69 Å². The van der Waals surface area contributed by atoms with E-state index < -0.39 is 0 Å². The first-order valence-corrected chi connectivity index (χ1v) is 8.40. The number of anilines is 1. The summed E-state index contributed by atoms with van der Waals surface area (Å²) in [5.74, 6) is 2.23. The Morgan fingerprint density at radius 1 is 0.885 bits per heavy atom. The average Bonchev–Trinajstić information content (AvgIpc) is 2.64. The third kappa shape index (κ3) is 4.86. The molecule has 132 valence electrons. The standard InChI is InChI=1S/C22H21NO3/c1-16-4-3-5-21(14-16)26-20-12-8-18(9-13-20)23-22(24)15-17-6-10-19(25-2)11-7-17/h3-14H,15H2,1-2H3,(H,23,24). The van der Waals surface area contributed by atoms with Crippen LogP contribution >= 0.6 is 0 Å². The average molecular weight is 347 g/mol. The van der Waals surface area contributed by atoms with Crippen molar-refractivity contribution >= 4 is 11.6 Å². The number of benzene rings is 3. The molecule has 0 unspecified atom stereocenters. The smallest absolute Gasteiger partial charge is 0.228 e. The molecule has 0 saturated heterocycles. The molecule has 0 saturated carbocycles. The van der Waals surface area contributed by atoms with Crippen molar-refractivity contribution in [3.63, 3.8) is 0 Å². The molecule has 3 aromatic carbocycles. The van der Waals surface area contributed by atoms with Crippen LogP contribution in [-0.4, -0.2) is 13.0 Å². The monoisotopic (exact) mass is 347 g/mol.